The van der Waals surface area contributed by atoms with Crippen molar-refractivity contribution < 1.29 is 9.18 Å². The highest BCUT2D eigenvalue weighted by Crippen LogP contribution is 2.39. The van der Waals surface area contributed by atoms with E-state index in [4.69, 9.17) is 6.57 Å². The molecule has 0 aromatic heterocycles. The minimum atomic E-state index is -0.336. The van der Waals surface area contributed by atoms with Crippen molar-refractivity contribution in [1.29, 1.82) is 0 Å². The highest BCUT2D eigenvalue weighted by molar-refractivity contribution is 6.06. The molecule has 5 heteroatoms. The third-order valence-corrected chi connectivity index (χ3v) is 4.84. The first-order valence-electron chi connectivity index (χ1n) is 8.16. The maximum absolute atomic E-state index is 13.5. The molecule has 0 spiro atoms. The number of allylic oxidation sites excluding steroid dienone is 1. The van der Waals surface area contributed by atoms with Crippen LogP contribution in [0.15, 0.2) is 46.2 Å². The summed E-state index contributed by atoms with van der Waals surface area (Å²) >= 11 is 0. The van der Waals surface area contributed by atoms with Gasteiger partial charge in [0.05, 0.1) is 13.1 Å². The summed E-state index contributed by atoms with van der Waals surface area (Å²) in [5.74, 6) is -0.564. The Labute approximate surface area is 147 Å². The normalized spacial score (nSPS) is 19.0. The molecule has 0 atom stereocenters. The molecule has 0 aliphatic carbocycles. The summed E-state index contributed by atoms with van der Waals surface area (Å²) in [6, 6.07) is 4.34. The highest BCUT2D eigenvalue weighted by atomic mass is 19.1. The zero-order valence-corrected chi connectivity index (χ0v) is 14.9. The van der Waals surface area contributed by atoms with Crippen LogP contribution in [0.3, 0.4) is 0 Å². The fourth-order valence-corrected chi connectivity index (χ4v) is 3.40. The smallest absolute Gasteiger partial charge is 0.256 e. The lowest BCUT2D eigenvalue weighted by atomic mass is 9.81. The van der Waals surface area contributed by atoms with Gasteiger partial charge in [-0.1, -0.05) is 13.8 Å². The SMILES string of the molecule is [C-]#[N+]C1=CN(C(=O)c2ccc(F)c(C)c2)CC(C)(C)C2=C1C(C)=NC2. The highest BCUT2D eigenvalue weighted by Gasteiger charge is 2.37. The van der Waals surface area contributed by atoms with Gasteiger partial charge in [-0.15, -0.1) is 0 Å². The number of carbonyl (C=O) groups is 1. The molecule has 0 saturated heterocycles. The molecule has 0 radical (unpaired) electrons. The van der Waals surface area contributed by atoms with E-state index in [0.717, 1.165) is 16.9 Å². The van der Waals surface area contributed by atoms with Crippen LogP contribution in [0.4, 0.5) is 4.39 Å². The first-order chi connectivity index (χ1) is 11.7. The van der Waals surface area contributed by atoms with E-state index in [2.05, 4.69) is 23.7 Å². The first-order valence-corrected chi connectivity index (χ1v) is 8.16. The molecule has 128 valence electrons. The van der Waals surface area contributed by atoms with E-state index >= 15 is 0 Å². The zero-order valence-electron chi connectivity index (χ0n) is 14.9. The fourth-order valence-electron chi connectivity index (χ4n) is 3.40. The van der Waals surface area contributed by atoms with E-state index in [9.17, 15) is 9.18 Å². The quantitative estimate of drug-likeness (QED) is 0.709. The second-order valence-electron chi connectivity index (χ2n) is 7.16. The third kappa shape index (κ3) is 2.89. The molecule has 0 fully saturated rings. The average Bonchev–Trinajstić information content (AvgIpc) is 2.90. The van der Waals surface area contributed by atoms with Crippen LogP contribution in [-0.2, 0) is 0 Å². The van der Waals surface area contributed by atoms with Gasteiger partial charge in [0.15, 0.2) is 0 Å². The number of aliphatic imine (C=N–C) groups is 1. The van der Waals surface area contributed by atoms with Crippen LogP contribution < -0.4 is 0 Å². The van der Waals surface area contributed by atoms with Gasteiger partial charge in [0.25, 0.3) is 5.91 Å². The summed E-state index contributed by atoms with van der Waals surface area (Å²) in [4.78, 5) is 22.7. The molecular formula is C20H20FN3O. The average molecular weight is 337 g/mol. The maximum Gasteiger partial charge on any atom is 0.256 e. The number of amides is 1. The summed E-state index contributed by atoms with van der Waals surface area (Å²) in [6.45, 7) is 16.2. The summed E-state index contributed by atoms with van der Waals surface area (Å²) < 4.78 is 13.5. The van der Waals surface area contributed by atoms with Gasteiger partial charge in [0.2, 0.25) is 5.70 Å². The molecule has 1 aromatic carbocycles. The maximum atomic E-state index is 13.5. The van der Waals surface area contributed by atoms with Gasteiger partial charge in [0, 0.05) is 35.0 Å². The fraction of sp³-hybridized carbons (Fsp3) is 0.350. The van der Waals surface area contributed by atoms with Crippen LogP contribution in [0.2, 0.25) is 0 Å². The van der Waals surface area contributed by atoms with Gasteiger partial charge in [-0.2, -0.15) is 0 Å². The zero-order chi connectivity index (χ0) is 18.4. The van der Waals surface area contributed by atoms with Gasteiger partial charge in [-0.3, -0.25) is 9.79 Å². The standard InChI is InChI=1S/C20H20FN3O/c1-12-8-14(6-7-16(12)21)19(25)24-10-17(22-5)18-13(2)23-9-15(18)20(3,4)11-24/h6-8,10H,9,11H2,1-4H3. The topological polar surface area (TPSA) is 37.0 Å². The van der Waals surface area contributed by atoms with Gasteiger partial charge in [-0.05, 0) is 43.2 Å². The van der Waals surface area contributed by atoms with Crippen molar-refractivity contribution in [1.82, 2.24) is 4.90 Å². The van der Waals surface area contributed by atoms with Crippen LogP contribution in [0.5, 0.6) is 0 Å². The van der Waals surface area contributed by atoms with E-state index in [0.29, 0.717) is 29.9 Å². The number of rotatable bonds is 1. The first kappa shape index (κ1) is 17.1. The second-order valence-corrected chi connectivity index (χ2v) is 7.16. The number of carbonyl (C=O) groups excluding carboxylic acids is 1. The Morgan fingerprint density at radius 2 is 2.08 bits per heavy atom. The molecule has 0 bridgehead atoms. The summed E-state index contributed by atoms with van der Waals surface area (Å²) in [6.07, 6.45) is 1.61. The molecule has 3 rings (SSSR count). The van der Waals surface area contributed by atoms with Crippen molar-refractivity contribution in [3.63, 3.8) is 0 Å². The summed E-state index contributed by atoms with van der Waals surface area (Å²) in [5, 5.41) is 0. The Balaban J connectivity index is 2.05. The molecule has 2 heterocycles. The van der Waals surface area contributed by atoms with Gasteiger partial charge in [0.1, 0.15) is 5.82 Å². The molecule has 0 N–H and O–H groups in total. The molecule has 0 unspecified atom stereocenters. The molecule has 4 nitrogen and oxygen atoms in total. The van der Waals surface area contributed by atoms with Crippen molar-refractivity contribution in [3.05, 3.63) is 69.6 Å². The van der Waals surface area contributed by atoms with E-state index in [1.54, 1.807) is 24.1 Å². The van der Waals surface area contributed by atoms with Crippen LogP contribution in [0.25, 0.3) is 4.85 Å². The minimum absolute atomic E-state index is 0.229. The van der Waals surface area contributed by atoms with Crippen LogP contribution >= 0.6 is 0 Å². The molecule has 0 saturated carbocycles. The third-order valence-electron chi connectivity index (χ3n) is 4.84. The molecule has 2 aliphatic heterocycles. The van der Waals surface area contributed by atoms with Crippen LogP contribution in [0.1, 0.15) is 36.7 Å². The number of benzene rings is 1. The van der Waals surface area contributed by atoms with Crippen molar-refractivity contribution >= 4 is 11.6 Å². The molecule has 1 amide bonds. The van der Waals surface area contributed by atoms with Gasteiger partial charge < -0.3 is 4.90 Å². The molecule has 25 heavy (non-hydrogen) atoms. The Morgan fingerprint density at radius 3 is 2.72 bits per heavy atom. The molecular weight excluding hydrogens is 317 g/mol. The van der Waals surface area contributed by atoms with Crippen LogP contribution in [0, 0.1) is 24.7 Å². The van der Waals surface area contributed by atoms with E-state index in [1.807, 2.05) is 6.92 Å². The molecule has 1 aromatic rings. The number of aryl methyl sites for hydroxylation is 1. The van der Waals surface area contributed by atoms with Gasteiger partial charge >= 0.3 is 0 Å². The number of halogens is 1. The van der Waals surface area contributed by atoms with Gasteiger partial charge in [-0.25, -0.2) is 9.24 Å². The second kappa shape index (κ2) is 5.96. The lowest BCUT2D eigenvalue weighted by Crippen LogP contribution is -2.36. The van der Waals surface area contributed by atoms with Crippen molar-refractivity contribution in [2.75, 3.05) is 13.1 Å². The van der Waals surface area contributed by atoms with E-state index in [-0.39, 0.29) is 17.1 Å². The number of nitrogens with zero attached hydrogens (tertiary/aromatic N) is 3. The monoisotopic (exact) mass is 337 g/mol. The Morgan fingerprint density at radius 1 is 1.36 bits per heavy atom. The van der Waals surface area contributed by atoms with E-state index in [1.165, 1.54) is 12.1 Å². The number of hydrogen-bond acceptors (Lipinski definition) is 2. The predicted molar refractivity (Wildman–Crippen MR) is 95.6 cm³/mol. The lowest BCUT2D eigenvalue weighted by molar-refractivity contribution is 0.0787. The number of hydrogen-bond donors (Lipinski definition) is 0. The van der Waals surface area contributed by atoms with Crippen molar-refractivity contribution in [2.24, 2.45) is 10.4 Å². The lowest BCUT2D eigenvalue weighted by Gasteiger charge is -2.31. The van der Waals surface area contributed by atoms with E-state index < -0.39 is 0 Å². The minimum Gasteiger partial charge on any atom is -0.324 e. The predicted octanol–water partition coefficient (Wildman–Crippen LogP) is 4.15. The summed E-state index contributed by atoms with van der Waals surface area (Å²) in [7, 11) is 0. The molecule has 2 aliphatic rings. The van der Waals surface area contributed by atoms with Crippen LogP contribution in [-0.4, -0.2) is 29.6 Å². The van der Waals surface area contributed by atoms with Crippen molar-refractivity contribution in [3.8, 4) is 0 Å². The Kier molecular flexibility index (Phi) is 4.08. The largest absolute Gasteiger partial charge is 0.324 e. The Bertz CT molecular complexity index is 900. The summed E-state index contributed by atoms with van der Waals surface area (Å²) in [5.41, 5.74) is 3.79. The Hall–Kier alpha value is -2.74. The van der Waals surface area contributed by atoms with Crippen molar-refractivity contribution in [2.45, 2.75) is 27.7 Å².